The number of benzene rings is 1. The van der Waals surface area contributed by atoms with E-state index in [1.807, 2.05) is 6.07 Å². The summed E-state index contributed by atoms with van der Waals surface area (Å²) in [6.45, 7) is 0.337. The average molecular weight is 313 g/mol. The van der Waals surface area contributed by atoms with E-state index >= 15 is 0 Å². The first-order valence-electron chi connectivity index (χ1n) is 7.19. The number of nitrogens with two attached hydrogens (primary N) is 1. The largest absolute Gasteiger partial charge is 0.369 e. The van der Waals surface area contributed by atoms with E-state index in [2.05, 4.69) is 20.3 Å². The van der Waals surface area contributed by atoms with Gasteiger partial charge in [-0.1, -0.05) is 12.1 Å². The molecule has 4 N–H and O–H groups in total. The Morgan fingerprint density at radius 2 is 2.04 bits per heavy atom. The van der Waals surface area contributed by atoms with Gasteiger partial charge in [-0.25, -0.2) is 14.4 Å². The number of fused-ring (bicyclic) bond motifs is 1. The molecule has 1 amide bonds. The fourth-order valence-electron chi connectivity index (χ4n) is 2.41. The van der Waals surface area contributed by atoms with E-state index in [1.165, 1.54) is 18.5 Å². The van der Waals surface area contributed by atoms with E-state index in [-0.39, 0.29) is 5.82 Å². The highest BCUT2D eigenvalue weighted by atomic mass is 19.1. The molecule has 2 aromatic heterocycles. The lowest BCUT2D eigenvalue weighted by atomic mass is 9.98. The molecule has 0 saturated carbocycles. The predicted molar refractivity (Wildman–Crippen MR) is 85.2 cm³/mol. The molecule has 0 radical (unpaired) electrons. The quantitative estimate of drug-likeness (QED) is 0.647. The zero-order valence-corrected chi connectivity index (χ0v) is 12.3. The van der Waals surface area contributed by atoms with Crippen LogP contribution in [0, 0.1) is 11.7 Å². The molecular weight excluding hydrogens is 297 g/mol. The third kappa shape index (κ3) is 3.45. The standard InChI is InChI=1S/C16H16FN5O/c17-12-3-1-10(2-4-12)7-11(14(18)23)8-20-16-13-5-6-19-15(13)21-9-22-16/h1-6,9,11H,7-8H2,(H2,18,23)(H2,19,20,21,22)/t11-/m1/s1. The van der Waals surface area contributed by atoms with Gasteiger partial charge in [-0.15, -0.1) is 0 Å². The highest BCUT2D eigenvalue weighted by Gasteiger charge is 2.17. The summed E-state index contributed by atoms with van der Waals surface area (Å²) in [5.41, 5.74) is 7.05. The Morgan fingerprint density at radius 1 is 1.26 bits per heavy atom. The van der Waals surface area contributed by atoms with Crippen LogP contribution in [-0.4, -0.2) is 27.4 Å². The maximum Gasteiger partial charge on any atom is 0.222 e. The molecule has 0 aliphatic carbocycles. The molecule has 3 rings (SSSR count). The Kier molecular flexibility index (Phi) is 4.18. The van der Waals surface area contributed by atoms with Crippen LogP contribution in [-0.2, 0) is 11.2 Å². The topological polar surface area (TPSA) is 96.7 Å². The van der Waals surface area contributed by atoms with Crippen LogP contribution >= 0.6 is 0 Å². The number of nitrogens with zero attached hydrogens (tertiary/aromatic N) is 2. The number of anilines is 1. The number of carbonyl (C=O) groups excluding carboxylic acids is 1. The highest BCUT2D eigenvalue weighted by molar-refractivity contribution is 5.87. The van der Waals surface area contributed by atoms with E-state index in [9.17, 15) is 9.18 Å². The first-order valence-corrected chi connectivity index (χ1v) is 7.19. The molecule has 0 aliphatic rings. The molecular formula is C16H16FN5O. The average Bonchev–Trinajstić information content (AvgIpc) is 3.02. The van der Waals surface area contributed by atoms with Crippen molar-refractivity contribution < 1.29 is 9.18 Å². The third-order valence-corrected chi connectivity index (χ3v) is 3.67. The Balaban J connectivity index is 1.71. The number of hydrogen-bond donors (Lipinski definition) is 3. The van der Waals surface area contributed by atoms with E-state index in [0.717, 1.165) is 16.6 Å². The summed E-state index contributed by atoms with van der Waals surface area (Å²) < 4.78 is 12.9. The summed E-state index contributed by atoms with van der Waals surface area (Å²) in [7, 11) is 0. The van der Waals surface area contributed by atoms with Gasteiger partial charge in [0.2, 0.25) is 5.91 Å². The molecule has 0 spiro atoms. The monoisotopic (exact) mass is 313 g/mol. The third-order valence-electron chi connectivity index (χ3n) is 3.67. The van der Waals surface area contributed by atoms with Crippen molar-refractivity contribution in [3.8, 4) is 0 Å². The number of carbonyl (C=O) groups is 1. The van der Waals surface area contributed by atoms with Crippen molar-refractivity contribution in [2.75, 3.05) is 11.9 Å². The number of amides is 1. The molecule has 1 atom stereocenters. The second kappa shape index (κ2) is 6.43. The van der Waals surface area contributed by atoms with Gasteiger partial charge in [0.25, 0.3) is 0 Å². The number of aromatic nitrogens is 3. The zero-order valence-electron chi connectivity index (χ0n) is 12.3. The van der Waals surface area contributed by atoms with E-state index in [0.29, 0.717) is 18.8 Å². The minimum absolute atomic E-state index is 0.307. The van der Waals surface area contributed by atoms with Gasteiger partial charge < -0.3 is 16.0 Å². The lowest BCUT2D eigenvalue weighted by molar-refractivity contribution is -0.121. The summed E-state index contributed by atoms with van der Waals surface area (Å²) in [6, 6.07) is 7.90. The number of aromatic amines is 1. The first-order chi connectivity index (χ1) is 11.1. The van der Waals surface area contributed by atoms with Gasteiger partial charge in [0.05, 0.1) is 11.3 Å². The van der Waals surface area contributed by atoms with Gasteiger partial charge in [-0.05, 0) is 30.2 Å². The fourth-order valence-corrected chi connectivity index (χ4v) is 2.41. The van der Waals surface area contributed by atoms with Crippen molar-refractivity contribution in [2.24, 2.45) is 11.7 Å². The number of hydrogen-bond acceptors (Lipinski definition) is 4. The summed E-state index contributed by atoms with van der Waals surface area (Å²) in [5, 5.41) is 3.99. The molecule has 0 saturated heterocycles. The first kappa shape index (κ1) is 15.0. The van der Waals surface area contributed by atoms with Gasteiger partial charge in [0.15, 0.2) is 0 Å². The van der Waals surface area contributed by atoms with E-state index in [1.54, 1.807) is 18.3 Å². The van der Waals surface area contributed by atoms with Crippen LogP contribution in [0.5, 0.6) is 0 Å². The zero-order chi connectivity index (χ0) is 16.2. The molecule has 0 unspecified atom stereocenters. The Morgan fingerprint density at radius 3 is 2.78 bits per heavy atom. The minimum Gasteiger partial charge on any atom is -0.369 e. The van der Waals surface area contributed by atoms with Crippen LogP contribution in [0.1, 0.15) is 5.56 Å². The number of H-pyrrole nitrogens is 1. The van der Waals surface area contributed by atoms with Crippen molar-refractivity contribution in [3.05, 3.63) is 54.2 Å². The molecule has 1 aromatic carbocycles. The maximum atomic E-state index is 12.9. The summed E-state index contributed by atoms with van der Waals surface area (Å²) in [4.78, 5) is 23.0. The number of primary amides is 1. The Hall–Kier alpha value is -2.96. The van der Waals surface area contributed by atoms with Crippen LogP contribution in [0.3, 0.4) is 0 Å². The number of nitrogens with one attached hydrogen (secondary N) is 2. The molecule has 0 aliphatic heterocycles. The summed E-state index contributed by atoms with van der Waals surface area (Å²) in [5.74, 6) is -0.509. The number of rotatable bonds is 6. The van der Waals surface area contributed by atoms with E-state index < -0.39 is 11.8 Å². The minimum atomic E-state index is -0.426. The van der Waals surface area contributed by atoms with Crippen molar-refractivity contribution >= 4 is 22.8 Å². The lowest BCUT2D eigenvalue weighted by Gasteiger charge is -2.15. The molecule has 6 nitrogen and oxygen atoms in total. The van der Waals surface area contributed by atoms with Gasteiger partial charge in [-0.2, -0.15) is 0 Å². The van der Waals surface area contributed by atoms with Crippen LogP contribution in [0.15, 0.2) is 42.9 Å². The van der Waals surface area contributed by atoms with Crippen molar-refractivity contribution in [3.63, 3.8) is 0 Å². The maximum absolute atomic E-state index is 12.9. The molecule has 2 heterocycles. The van der Waals surface area contributed by atoms with Gasteiger partial charge in [0.1, 0.15) is 23.6 Å². The summed E-state index contributed by atoms with van der Waals surface area (Å²) >= 11 is 0. The normalized spacial score (nSPS) is 12.2. The molecule has 7 heteroatoms. The lowest BCUT2D eigenvalue weighted by Crippen LogP contribution is -2.31. The molecule has 0 fully saturated rings. The van der Waals surface area contributed by atoms with Crippen molar-refractivity contribution in [1.82, 2.24) is 15.0 Å². The number of halogens is 1. The summed E-state index contributed by atoms with van der Waals surface area (Å²) in [6.07, 6.45) is 3.65. The van der Waals surface area contributed by atoms with Crippen LogP contribution in [0.25, 0.3) is 11.0 Å². The van der Waals surface area contributed by atoms with Crippen molar-refractivity contribution in [1.29, 1.82) is 0 Å². The Bertz CT molecular complexity index is 815. The molecule has 3 aromatic rings. The smallest absolute Gasteiger partial charge is 0.222 e. The fraction of sp³-hybridized carbons (Fsp3) is 0.188. The SMILES string of the molecule is NC(=O)[C@@H](CNc1ncnc2[nH]ccc12)Cc1ccc(F)cc1. The second-order valence-corrected chi connectivity index (χ2v) is 5.27. The van der Waals surface area contributed by atoms with Gasteiger partial charge in [-0.3, -0.25) is 4.79 Å². The Labute approximate surface area is 131 Å². The van der Waals surface area contributed by atoms with Crippen molar-refractivity contribution in [2.45, 2.75) is 6.42 Å². The van der Waals surface area contributed by atoms with Crippen LogP contribution < -0.4 is 11.1 Å². The van der Waals surface area contributed by atoms with Crippen LogP contribution in [0.4, 0.5) is 10.2 Å². The van der Waals surface area contributed by atoms with Crippen LogP contribution in [0.2, 0.25) is 0 Å². The van der Waals surface area contributed by atoms with Gasteiger partial charge in [0, 0.05) is 12.7 Å². The molecule has 118 valence electrons. The second-order valence-electron chi connectivity index (χ2n) is 5.27. The van der Waals surface area contributed by atoms with Gasteiger partial charge >= 0.3 is 0 Å². The highest BCUT2D eigenvalue weighted by Crippen LogP contribution is 2.18. The van der Waals surface area contributed by atoms with E-state index in [4.69, 9.17) is 5.73 Å². The molecule has 23 heavy (non-hydrogen) atoms. The predicted octanol–water partition coefficient (Wildman–Crippen LogP) is 1.85. The molecule has 0 bridgehead atoms.